The maximum atomic E-state index is 12.2. The van der Waals surface area contributed by atoms with Gasteiger partial charge in [-0.15, -0.1) is 0 Å². The fourth-order valence-electron chi connectivity index (χ4n) is 2.13. The minimum Gasteiger partial charge on any atom is -0.376 e. The number of hydrogen-bond acceptors (Lipinski definition) is 3. The van der Waals surface area contributed by atoms with Crippen LogP contribution in [0.25, 0.3) is 0 Å². The van der Waals surface area contributed by atoms with Gasteiger partial charge in [-0.3, -0.25) is 9.89 Å². The number of H-pyrrole nitrogens is 1. The van der Waals surface area contributed by atoms with Gasteiger partial charge in [-0.2, -0.15) is 5.10 Å². The number of aryl methyl sites for hydroxylation is 1. The molecule has 0 bridgehead atoms. The third kappa shape index (κ3) is 2.37. The molecule has 1 aromatic heterocycles. The fourth-order valence-corrected chi connectivity index (χ4v) is 2.13. The number of hydrogen-bond donors (Lipinski definition) is 2. The third-order valence-corrected chi connectivity index (χ3v) is 3.22. The summed E-state index contributed by atoms with van der Waals surface area (Å²) < 4.78 is 5.37. The van der Waals surface area contributed by atoms with Gasteiger partial charge in [0.15, 0.2) is 5.69 Å². The van der Waals surface area contributed by atoms with Gasteiger partial charge in [0.25, 0.3) is 5.91 Å². The molecule has 0 saturated heterocycles. The molecular formula is C14H15N3O2. The summed E-state index contributed by atoms with van der Waals surface area (Å²) >= 11 is 0. The van der Waals surface area contributed by atoms with Gasteiger partial charge in [0, 0.05) is 23.4 Å². The quantitative estimate of drug-likeness (QED) is 0.865. The number of fused-ring (bicyclic) bond motifs is 1. The zero-order valence-corrected chi connectivity index (χ0v) is 10.7. The van der Waals surface area contributed by atoms with E-state index < -0.39 is 0 Å². The lowest BCUT2D eigenvalue weighted by molar-refractivity contribution is 0.0985. The summed E-state index contributed by atoms with van der Waals surface area (Å²) in [5.41, 5.74) is 4.22. The first-order chi connectivity index (χ1) is 9.24. The summed E-state index contributed by atoms with van der Waals surface area (Å²) in [7, 11) is 0. The summed E-state index contributed by atoms with van der Waals surface area (Å²) in [6, 6.07) is 7.67. The van der Waals surface area contributed by atoms with Gasteiger partial charge in [0.1, 0.15) is 0 Å². The molecule has 1 amide bonds. The van der Waals surface area contributed by atoms with Gasteiger partial charge >= 0.3 is 0 Å². The van der Waals surface area contributed by atoms with E-state index in [4.69, 9.17) is 4.74 Å². The molecule has 5 nitrogen and oxygen atoms in total. The van der Waals surface area contributed by atoms with Crippen LogP contribution in [0.1, 0.15) is 27.3 Å². The zero-order chi connectivity index (χ0) is 13.2. The molecule has 2 aromatic rings. The maximum Gasteiger partial charge on any atom is 0.276 e. The van der Waals surface area contributed by atoms with E-state index in [0.29, 0.717) is 18.9 Å². The Balaban J connectivity index is 1.80. The van der Waals surface area contributed by atoms with Crippen molar-refractivity contribution in [2.24, 2.45) is 0 Å². The number of amides is 1. The van der Waals surface area contributed by atoms with Crippen molar-refractivity contribution in [3.8, 4) is 0 Å². The molecule has 0 atom stereocenters. The summed E-state index contributed by atoms with van der Waals surface area (Å²) in [4.78, 5) is 12.2. The molecule has 0 aliphatic carbocycles. The summed E-state index contributed by atoms with van der Waals surface area (Å²) in [5.74, 6) is -0.202. The van der Waals surface area contributed by atoms with Crippen molar-refractivity contribution in [1.82, 2.24) is 10.2 Å². The number of nitrogens with one attached hydrogen (secondary N) is 2. The maximum absolute atomic E-state index is 12.2. The van der Waals surface area contributed by atoms with Crippen LogP contribution in [0.5, 0.6) is 0 Å². The van der Waals surface area contributed by atoms with Crippen LogP contribution in [0.15, 0.2) is 24.3 Å². The highest BCUT2D eigenvalue weighted by atomic mass is 16.5. The summed E-state index contributed by atoms with van der Waals surface area (Å²) in [5, 5.41) is 9.85. The minimum atomic E-state index is -0.202. The van der Waals surface area contributed by atoms with E-state index in [-0.39, 0.29) is 5.91 Å². The first kappa shape index (κ1) is 11.9. The first-order valence-electron chi connectivity index (χ1n) is 6.26. The van der Waals surface area contributed by atoms with Crippen LogP contribution in [0.2, 0.25) is 0 Å². The van der Waals surface area contributed by atoms with Crippen molar-refractivity contribution in [3.63, 3.8) is 0 Å². The lowest BCUT2D eigenvalue weighted by atomic mass is 10.1. The molecule has 1 aliphatic rings. The van der Waals surface area contributed by atoms with Gasteiger partial charge < -0.3 is 10.1 Å². The van der Waals surface area contributed by atoms with E-state index in [1.165, 1.54) is 0 Å². The van der Waals surface area contributed by atoms with Gasteiger partial charge in [0.05, 0.1) is 13.2 Å². The highest BCUT2D eigenvalue weighted by molar-refractivity contribution is 6.04. The Morgan fingerprint density at radius 1 is 1.37 bits per heavy atom. The molecule has 0 saturated carbocycles. The molecule has 2 heterocycles. The molecule has 19 heavy (non-hydrogen) atoms. The van der Waals surface area contributed by atoms with E-state index in [1.807, 2.05) is 31.2 Å². The Morgan fingerprint density at radius 2 is 2.16 bits per heavy atom. The highest BCUT2D eigenvalue weighted by Crippen LogP contribution is 2.19. The van der Waals surface area contributed by atoms with Gasteiger partial charge in [-0.1, -0.05) is 17.7 Å². The molecule has 0 unspecified atom stereocenters. The second-order valence-corrected chi connectivity index (χ2v) is 4.65. The molecule has 0 radical (unpaired) electrons. The molecule has 2 N–H and O–H groups in total. The van der Waals surface area contributed by atoms with Gasteiger partial charge in [0.2, 0.25) is 0 Å². The molecular weight excluding hydrogens is 242 g/mol. The number of benzene rings is 1. The van der Waals surface area contributed by atoms with Crippen molar-refractivity contribution in [2.75, 3.05) is 11.9 Å². The molecule has 0 fully saturated rings. The standard InChI is InChI=1S/C14H15N3O2/c1-9-2-4-10(5-3-9)15-14(18)13-11-8-19-7-6-12(11)16-17-13/h2-5H,6-8H2,1H3,(H,15,18)(H,16,17). The predicted molar refractivity (Wildman–Crippen MR) is 71.1 cm³/mol. The molecule has 1 aromatic carbocycles. The Kier molecular flexibility index (Phi) is 3.05. The van der Waals surface area contributed by atoms with Crippen molar-refractivity contribution < 1.29 is 9.53 Å². The fraction of sp³-hybridized carbons (Fsp3) is 0.286. The van der Waals surface area contributed by atoms with Crippen LogP contribution < -0.4 is 5.32 Å². The second kappa shape index (κ2) is 4.85. The number of aromatic nitrogens is 2. The van der Waals surface area contributed by atoms with Crippen molar-refractivity contribution in [2.45, 2.75) is 20.0 Å². The van der Waals surface area contributed by atoms with Crippen LogP contribution >= 0.6 is 0 Å². The van der Waals surface area contributed by atoms with Crippen molar-refractivity contribution in [1.29, 1.82) is 0 Å². The van der Waals surface area contributed by atoms with Crippen LogP contribution in [0, 0.1) is 6.92 Å². The van der Waals surface area contributed by atoms with Crippen LogP contribution in [-0.4, -0.2) is 22.7 Å². The van der Waals surface area contributed by atoms with Crippen molar-refractivity contribution in [3.05, 3.63) is 46.8 Å². The lowest BCUT2D eigenvalue weighted by Gasteiger charge is -2.12. The highest BCUT2D eigenvalue weighted by Gasteiger charge is 2.22. The SMILES string of the molecule is Cc1ccc(NC(=O)c2n[nH]c3c2COCC3)cc1. The molecule has 0 spiro atoms. The zero-order valence-electron chi connectivity index (χ0n) is 10.7. The monoisotopic (exact) mass is 257 g/mol. The number of rotatable bonds is 2. The average Bonchev–Trinajstić information content (AvgIpc) is 2.85. The molecule has 98 valence electrons. The van der Waals surface area contributed by atoms with E-state index in [1.54, 1.807) is 0 Å². The van der Waals surface area contributed by atoms with Crippen LogP contribution in [0.4, 0.5) is 5.69 Å². The summed E-state index contributed by atoms with van der Waals surface area (Å²) in [6.07, 6.45) is 0.778. The number of carbonyl (C=O) groups excluding carboxylic acids is 1. The topological polar surface area (TPSA) is 67.0 Å². The van der Waals surface area contributed by atoms with E-state index in [2.05, 4.69) is 15.5 Å². The van der Waals surface area contributed by atoms with Crippen LogP contribution in [0.3, 0.4) is 0 Å². The number of carbonyl (C=O) groups is 1. The number of nitrogens with zero attached hydrogens (tertiary/aromatic N) is 1. The Hall–Kier alpha value is -2.14. The van der Waals surface area contributed by atoms with E-state index in [0.717, 1.165) is 28.9 Å². The Bertz CT molecular complexity index is 602. The minimum absolute atomic E-state index is 0.202. The average molecular weight is 257 g/mol. The third-order valence-electron chi connectivity index (χ3n) is 3.22. The van der Waals surface area contributed by atoms with E-state index in [9.17, 15) is 4.79 Å². The molecule has 5 heteroatoms. The normalized spacial score (nSPS) is 13.9. The van der Waals surface area contributed by atoms with Gasteiger partial charge in [-0.05, 0) is 19.1 Å². The summed E-state index contributed by atoms with van der Waals surface area (Å²) in [6.45, 7) is 3.13. The lowest BCUT2D eigenvalue weighted by Crippen LogP contribution is -2.17. The number of aromatic amines is 1. The smallest absolute Gasteiger partial charge is 0.276 e. The Labute approximate surface area is 111 Å². The van der Waals surface area contributed by atoms with Crippen molar-refractivity contribution >= 4 is 11.6 Å². The predicted octanol–water partition coefficient (Wildman–Crippen LogP) is 2.04. The van der Waals surface area contributed by atoms with E-state index >= 15 is 0 Å². The van der Waals surface area contributed by atoms with Gasteiger partial charge in [-0.25, -0.2) is 0 Å². The molecule has 3 rings (SSSR count). The molecule has 1 aliphatic heterocycles. The second-order valence-electron chi connectivity index (χ2n) is 4.65. The number of anilines is 1. The number of ether oxygens (including phenoxy) is 1. The largest absolute Gasteiger partial charge is 0.376 e. The first-order valence-corrected chi connectivity index (χ1v) is 6.26. The van der Waals surface area contributed by atoms with Crippen LogP contribution in [-0.2, 0) is 17.8 Å². The Morgan fingerprint density at radius 3 is 2.95 bits per heavy atom.